The monoisotopic (exact) mass is 317 g/mol. The minimum absolute atomic E-state index is 0.349. The van der Waals surface area contributed by atoms with E-state index in [1.807, 2.05) is 19.1 Å². The van der Waals surface area contributed by atoms with Crippen molar-refractivity contribution in [3.05, 3.63) is 22.2 Å². The number of aliphatic hydroxyl groups is 1. The van der Waals surface area contributed by atoms with Crippen molar-refractivity contribution in [2.45, 2.75) is 26.5 Å². The van der Waals surface area contributed by atoms with Crippen molar-refractivity contribution < 1.29 is 14.6 Å². The number of benzene rings is 1. The molecule has 1 aromatic rings. The standard InChI is InChI=1S/C13H20BrNO3/c1-4-18-13-11(14)5-10(6-12(13)17-3)8-15-7-9(2)16/h5-6,9,15-16H,4,7-8H2,1-3H3/t9-/m0/s1. The number of halogens is 1. The van der Waals surface area contributed by atoms with Crippen LogP contribution in [0.1, 0.15) is 19.4 Å². The first-order chi connectivity index (χ1) is 8.58. The molecule has 0 fully saturated rings. The van der Waals surface area contributed by atoms with Gasteiger partial charge in [0.25, 0.3) is 0 Å². The van der Waals surface area contributed by atoms with Crippen LogP contribution in [0.25, 0.3) is 0 Å². The van der Waals surface area contributed by atoms with Gasteiger partial charge in [-0.05, 0) is 47.5 Å². The molecule has 18 heavy (non-hydrogen) atoms. The molecule has 0 heterocycles. The molecule has 0 aromatic heterocycles. The molecule has 0 aliphatic heterocycles. The Morgan fingerprint density at radius 3 is 2.72 bits per heavy atom. The second-order valence-electron chi connectivity index (χ2n) is 4.02. The van der Waals surface area contributed by atoms with Gasteiger partial charge in [-0.2, -0.15) is 0 Å². The Kier molecular flexibility index (Phi) is 6.46. The third-order valence-corrected chi connectivity index (χ3v) is 2.94. The van der Waals surface area contributed by atoms with Gasteiger partial charge in [0.2, 0.25) is 0 Å². The van der Waals surface area contributed by atoms with Crippen LogP contribution >= 0.6 is 15.9 Å². The van der Waals surface area contributed by atoms with E-state index in [1.165, 1.54) is 0 Å². The SMILES string of the molecule is CCOc1c(Br)cc(CNC[C@H](C)O)cc1OC. The number of methoxy groups -OCH3 is 1. The van der Waals surface area contributed by atoms with Gasteiger partial charge in [-0.25, -0.2) is 0 Å². The van der Waals surface area contributed by atoms with Crippen LogP contribution < -0.4 is 14.8 Å². The second-order valence-corrected chi connectivity index (χ2v) is 4.88. The summed E-state index contributed by atoms with van der Waals surface area (Å²) in [7, 11) is 1.62. The molecule has 0 saturated heterocycles. The van der Waals surface area contributed by atoms with Gasteiger partial charge >= 0.3 is 0 Å². The number of hydrogen-bond acceptors (Lipinski definition) is 4. The molecule has 4 nitrogen and oxygen atoms in total. The third kappa shape index (κ3) is 4.48. The van der Waals surface area contributed by atoms with E-state index in [2.05, 4.69) is 21.2 Å². The number of aliphatic hydroxyl groups excluding tert-OH is 1. The minimum atomic E-state index is -0.349. The van der Waals surface area contributed by atoms with Crippen molar-refractivity contribution in [1.82, 2.24) is 5.32 Å². The molecule has 0 aliphatic carbocycles. The molecule has 1 atom stereocenters. The topological polar surface area (TPSA) is 50.7 Å². The average molecular weight is 318 g/mol. The van der Waals surface area contributed by atoms with Crippen molar-refractivity contribution in [1.29, 1.82) is 0 Å². The van der Waals surface area contributed by atoms with Crippen molar-refractivity contribution in [3.8, 4) is 11.5 Å². The second kappa shape index (κ2) is 7.61. The van der Waals surface area contributed by atoms with Gasteiger partial charge in [0.15, 0.2) is 11.5 Å². The van der Waals surface area contributed by atoms with E-state index in [9.17, 15) is 5.11 Å². The van der Waals surface area contributed by atoms with Gasteiger partial charge in [0.1, 0.15) is 0 Å². The van der Waals surface area contributed by atoms with E-state index in [4.69, 9.17) is 9.47 Å². The highest BCUT2D eigenvalue weighted by atomic mass is 79.9. The van der Waals surface area contributed by atoms with Crippen LogP contribution in [0.3, 0.4) is 0 Å². The van der Waals surface area contributed by atoms with Crippen LogP contribution in [0, 0.1) is 0 Å². The molecule has 0 amide bonds. The van der Waals surface area contributed by atoms with Gasteiger partial charge in [0.05, 0.1) is 24.3 Å². The van der Waals surface area contributed by atoms with Gasteiger partial charge in [-0.1, -0.05) is 0 Å². The fourth-order valence-corrected chi connectivity index (χ4v) is 2.19. The van der Waals surface area contributed by atoms with Crippen molar-refractivity contribution in [2.75, 3.05) is 20.3 Å². The zero-order valence-corrected chi connectivity index (χ0v) is 12.6. The first kappa shape index (κ1) is 15.3. The summed E-state index contributed by atoms with van der Waals surface area (Å²) in [6.07, 6.45) is -0.349. The molecule has 0 saturated carbocycles. The summed E-state index contributed by atoms with van der Waals surface area (Å²) in [6, 6.07) is 3.92. The Balaban J connectivity index is 2.79. The summed E-state index contributed by atoms with van der Waals surface area (Å²) < 4.78 is 11.7. The highest BCUT2D eigenvalue weighted by molar-refractivity contribution is 9.10. The lowest BCUT2D eigenvalue weighted by Gasteiger charge is -2.14. The highest BCUT2D eigenvalue weighted by Gasteiger charge is 2.11. The number of hydrogen-bond donors (Lipinski definition) is 2. The van der Waals surface area contributed by atoms with Crippen LogP contribution in [0.2, 0.25) is 0 Å². The summed E-state index contributed by atoms with van der Waals surface area (Å²) in [5.74, 6) is 1.43. The fraction of sp³-hybridized carbons (Fsp3) is 0.538. The molecule has 0 radical (unpaired) electrons. The van der Waals surface area contributed by atoms with Gasteiger partial charge < -0.3 is 19.9 Å². The Morgan fingerprint density at radius 1 is 1.44 bits per heavy atom. The lowest BCUT2D eigenvalue weighted by molar-refractivity contribution is 0.191. The van der Waals surface area contributed by atoms with Gasteiger partial charge in [-0.15, -0.1) is 0 Å². The maximum atomic E-state index is 9.18. The third-order valence-electron chi connectivity index (χ3n) is 2.35. The van der Waals surface area contributed by atoms with Crippen LogP contribution in [0.5, 0.6) is 11.5 Å². The first-order valence-corrected chi connectivity index (χ1v) is 6.75. The predicted molar refractivity (Wildman–Crippen MR) is 75.3 cm³/mol. The summed E-state index contributed by atoms with van der Waals surface area (Å²) in [4.78, 5) is 0. The van der Waals surface area contributed by atoms with Crippen molar-refractivity contribution >= 4 is 15.9 Å². The van der Waals surface area contributed by atoms with E-state index in [0.29, 0.717) is 25.4 Å². The van der Waals surface area contributed by atoms with Gasteiger partial charge in [-0.3, -0.25) is 0 Å². The van der Waals surface area contributed by atoms with E-state index in [1.54, 1.807) is 14.0 Å². The summed E-state index contributed by atoms with van der Waals surface area (Å²) >= 11 is 3.48. The normalized spacial score (nSPS) is 12.3. The van der Waals surface area contributed by atoms with Gasteiger partial charge in [0, 0.05) is 13.1 Å². The lowest BCUT2D eigenvalue weighted by Crippen LogP contribution is -2.23. The van der Waals surface area contributed by atoms with Crippen LogP contribution in [-0.2, 0) is 6.54 Å². The predicted octanol–water partition coefficient (Wildman–Crippen LogP) is 2.33. The Hall–Kier alpha value is -0.780. The number of nitrogens with one attached hydrogen (secondary N) is 1. The summed E-state index contributed by atoms with van der Waals surface area (Å²) in [5.41, 5.74) is 1.07. The molecule has 5 heteroatoms. The largest absolute Gasteiger partial charge is 0.493 e. The molecular formula is C13H20BrNO3. The molecule has 1 aromatic carbocycles. The van der Waals surface area contributed by atoms with E-state index >= 15 is 0 Å². The van der Waals surface area contributed by atoms with E-state index in [0.717, 1.165) is 15.8 Å². The van der Waals surface area contributed by atoms with E-state index in [-0.39, 0.29) is 6.10 Å². The molecule has 102 valence electrons. The molecule has 0 aliphatic rings. The highest BCUT2D eigenvalue weighted by Crippen LogP contribution is 2.36. The molecule has 0 unspecified atom stereocenters. The van der Waals surface area contributed by atoms with Crippen molar-refractivity contribution in [3.63, 3.8) is 0 Å². The molecule has 1 rings (SSSR count). The average Bonchev–Trinajstić information content (AvgIpc) is 2.31. The maximum absolute atomic E-state index is 9.18. The Morgan fingerprint density at radius 2 is 2.17 bits per heavy atom. The summed E-state index contributed by atoms with van der Waals surface area (Å²) in [5, 5.41) is 12.3. The quantitative estimate of drug-likeness (QED) is 0.810. The Labute approximate surface area is 116 Å². The lowest BCUT2D eigenvalue weighted by atomic mass is 10.2. The number of rotatable bonds is 7. The summed E-state index contributed by atoms with van der Waals surface area (Å²) in [6.45, 7) is 5.51. The van der Waals surface area contributed by atoms with Crippen LogP contribution in [-0.4, -0.2) is 31.5 Å². The molecular weight excluding hydrogens is 298 g/mol. The first-order valence-electron chi connectivity index (χ1n) is 5.96. The minimum Gasteiger partial charge on any atom is -0.493 e. The fourth-order valence-electron chi connectivity index (χ4n) is 1.59. The van der Waals surface area contributed by atoms with E-state index < -0.39 is 0 Å². The van der Waals surface area contributed by atoms with Crippen molar-refractivity contribution in [2.24, 2.45) is 0 Å². The molecule has 2 N–H and O–H groups in total. The Bertz CT molecular complexity index is 383. The number of ether oxygens (including phenoxy) is 2. The maximum Gasteiger partial charge on any atom is 0.175 e. The molecule has 0 spiro atoms. The zero-order chi connectivity index (χ0) is 13.5. The zero-order valence-electron chi connectivity index (χ0n) is 11.0. The molecule has 0 bridgehead atoms. The van der Waals surface area contributed by atoms with Crippen LogP contribution in [0.15, 0.2) is 16.6 Å². The van der Waals surface area contributed by atoms with Crippen LogP contribution in [0.4, 0.5) is 0 Å². The smallest absolute Gasteiger partial charge is 0.175 e.